The summed E-state index contributed by atoms with van der Waals surface area (Å²) in [4.78, 5) is 24.2. The molecular formula is C23H28F6N2O6S. The molecule has 0 amide bonds. The minimum absolute atomic E-state index is 0.105. The van der Waals surface area contributed by atoms with Gasteiger partial charge in [0, 0.05) is 30.6 Å². The zero-order valence-electron chi connectivity index (χ0n) is 20.3. The summed E-state index contributed by atoms with van der Waals surface area (Å²) < 4.78 is 75.3. The Morgan fingerprint density at radius 2 is 1.66 bits per heavy atom. The largest absolute Gasteiger partial charge is 0.490 e. The zero-order valence-corrected chi connectivity index (χ0v) is 21.1. The quantitative estimate of drug-likeness (QED) is 0.488. The maximum atomic E-state index is 10.6. The molecular weight excluding hydrogens is 546 g/mol. The molecule has 2 aromatic heterocycles. The van der Waals surface area contributed by atoms with E-state index in [-0.39, 0.29) is 5.60 Å². The third-order valence-electron chi connectivity index (χ3n) is 6.01. The molecule has 2 saturated heterocycles. The molecule has 2 aliphatic rings. The van der Waals surface area contributed by atoms with Crippen LogP contribution in [-0.2, 0) is 27.4 Å². The first kappa shape index (κ1) is 31.6. The van der Waals surface area contributed by atoms with E-state index in [2.05, 4.69) is 34.4 Å². The van der Waals surface area contributed by atoms with E-state index in [1.165, 1.54) is 4.88 Å². The van der Waals surface area contributed by atoms with Crippen molar-refractivity contribution in [1.82, 2.24) is 9.80 Å². The van der Waals surface area contributed by atoms with Crippen LogP contribution in [0.25, 0.3) is 0 Å². The van der Waals surface area contributed by atoms with Gasteiger partial charge in [0.2, 0.25) is 0 Å². The Kier molecular flexibility index (Phi) is 11.2. The van der Waals surface area contributed by atoms with Crippen LogP contribution in [0, 0.1) is 0 Å². The van der Waals surface area contributed by atoms with Crippen molar-refractivity contribution in [3.63, 3.8) is 0 Å². The van der Waals surface area contributed by atoms with Crippen molar-refractivity contribution in [3.05, 3.63) is 46.5 Å². The van der Waals surface area contributed by atoms with Gasteiger partial charge in [0.25, 0.3) is 0 Å². The number of piperidine rings is 1. The molecule has 0 aromatic carbocycles. The summed E-state index contributed by atoms with van der Waals surface area (Å²) in [7, 11) is 2.18. The maximum absolute atomic E-state index is 10.6. The Bertz CT molecular complexity index is 965. The van der Waals surface area contributed by atoms with Crippen LogP contribution in [0.4, 0.5) is 26.3 Å². The number of carbonyl (C=O) groups is 2. The van der Waals surface area contributed by atoms with Gasteiger partial charge in [-0.15, -0.1) is 11.3 Å². The van der Waals surface area contributed by atoms with E-state index in [9.17, 15) is 26.3 Å². The number of aliphatic carboxylic acids is 2. The summed E-state index contributed by atoms with van der Waals surface area (Å²) in [6, 6.07) is 8.88. The zero-order chi connectivity index (χ0) is 28.6. The predicted molar refractivity (Wildman–Crippen MR) is 123 cm³/mol. The minimum Gasteiger partial charge on any atom is -0.475 e. The monoisotopic (exact) mass is 574 g/mol. The summed E-state index contributed by atoms with van der Waals surface area (Å²) in [6.45, 7) is 5.10. The molecule has 214 valence electrons. The molecule has 8 nitrogen and oxygen atoms in total. The molecule has 1 atom stereocenters. The first-order valence-corrected chi connectivity index (χ1v) is 12.2. The van der Waals surface area contributed by atoms with Crippen LogP contribution in [-0.4, -0.2) is 82.7 Å². The summed E-state index contributed by atoms with van der Waals surface area (Å²) in [5.41, 5.74) is 0.105. The fourth-order valence-corrected chi connectivity index (χ4v) is 4.72. The SMILES string of the molecule is CN(Cc1ccco1)C1COC2(CCN(Cc3cccs3)CC2)C1.O=C(O)C(F)(F)F.O=C(O)C(F)(F)F. The highest BCUT2D eigenvalue weighted by molar-refractivity contribution is 7.09. The lowest BCUT2D eigenvalue weighted by atomic mass is 9.87. The van der Waals surface area contributed by atoms with Crippen molar-refractivity contribution in [3.8, 4) is 0 Å². The van der Waals surface area contributed by atoms with Gasteiger partial charge in [-0.1, -0.05) is 6.07 Å². The lowest BCUT2D eigenvalue weighted by Crippen LogP contribution is -2.44. The van der Waals surface area contributed by atoms with Gasteiger partial charge in [-0.3, -0.25) is 9.80 Å². The number of carboxylic acids is 2. The number of likely N-dealkylation sites (tertiary alicyclic amines) is 1. The van der Waals surface area contributed by atoms with Crippen LogP contribution >= 0.6 is 11.3 Å². The van der Waals surface area contributed by atoms with E-state index in [4.69, 9.17) is 29.0 Å². The Hall–Kier alpha value is -2.62. The number of nitrogens with zero attached hydrogens (tertiary/aromatic N) is 2. The molecule has 38 heavy (non-hydrogen) atoms. The highest BCUT2D eigenvalue weighted by Gasteiger charge is 2.44. The van der Waals surface area contributed by atoms with Crippen LogP contribution in [0.3, 0.4) is 0 Å². The number of thiophene rings is 1. The van der Waals surface area contributed by atoms with Crippen LogP contribution < -0.4 is 0 Å². The Balaban J connectivity index is 0.000000301. The summed E-state index contributed by atoms with van der Waals surface area (Å²) >= 11 is 1.86. The molecule has 0 saturated carbocycles. The standard InChI is InChI=1S/C19H26N2O2S.2C2HF3O2/c1-20(13-17-4-2-10-22-17)16-12-19(23-15-16)6-8-21(9-7-19)14-18-5-3-11-24-18;2*3-2(4,5)1(6)7/h2-5,10-11,16H,6-9,12-15H2,1H3;2*(H,6,7). The van der Waals surface area contributed by atoms with E-state index < -0.39 is 24.3 Å². The van der Waals surface area contributed by atoms with Crippen molar-refractivity contribution in [1.29, 1.82) is 0 Å². The summed E-state index contributed by atoms with van der Waals surface area (Å²) in [6.07, 6.45) is -4.96. The van der Waals surface area contributed by atoms with Gasteiger partial charge < -0.3 is 19.4 Å². The summed E-state index contributed by atoms with van der Waals surface area (Å²) in [5, 5.41) is 16.4. The van der Waals surface area contributed by atoms with E-state index in [0.29, 0.717) is 6.04 Å². The van der Waals surface area contributed by atoms with Crippen LogP contribution in [0.15, 0.2) is 40.3 Å². The molecule has 2 aromatic rings. The fraction of sp³-hybridized carbons (Fsp3) is 0.565. The number of furan rings is 1. The first-order valence-electron chi connectivity index (χ1n) is 11.3. The fourth-order valence-electron chi connectivity index (χ4n) is 3.97. The average Bonchev–Trinajstić information content (AvgIpc) is 3.58. The number of ether oxygens (including phenoxy) is 1. The molecule has 1 spiro atoms. The van der Waals surface area contributed by atoms with Crippen LogP contribution in [0.5, 0.6) is 0 Å². The maximum Gasteiger partial charge on any atom is 0.490 e. The van der Waals surface area contributed by atoms with E-state index in [1.54, 1.807) is 6.26 Å². The molecule has 2 fully saturated rings. The molecule has 0 bridgehead atoms. The second kappa shape index (κ2) is 13.4. The number of likely N-dealkylation sites (N-methyl/N-ethyl adjacent to an activating group) is 1. The van der Waals surface area contributed by atoms with Crippen LogP contribution in [0.2, 0.25) is 0 Å². The number of carboxylic acid groups (broad SMARTS) is 2. The van der Waals surface area contributed by atoms with Gasteiger partial charge in [-0.2, -0.15) is 26.3 Å². The second-order valence-corrected chi connectivity index (χ2v) is 9.84. The van der Waals surface area contributed by atoms with E-state index in [1.807, 2.05) is 23.5 Å². The second-order valence-electron chi connectivity index (χ2n) is 8.81. The normalized spacial score (nSPS) is 19.4. The Labute approximate surface area is 218 Å². The lowest BCUT2D eigenvalue weighted by molar-refractivity contribution is -0.193. The highest BCUT2D eigenvalue weighted by atomic mass is 32.1. The topological polar surface area (TPSA) is 103 Å². The van der Waals surface area contributed by atoms with Gasteiger partial charge >= 0.3 is 24.3 Å². The van der Waals surface area contributed by atoms with Gasteiger partial charge in [-0.25, -0.2) is 9.59 Å². The van der Waals surface area contributed by atoms with Crippen molar-refractivity contribution < 1.29 is 55.3 Å². The molecule has 0 radical (unpaired) electrons. The van der Waals surface area contributed by atoms with Crippen molar-refractivity contribution >= 4 is 23.3 Å². The van der Waals surface area contributed by atoms with Crippen molar-refractivity contribution in [2.45, 2.75) is 56.3 Å². The van der Waals surface area contributed by atoms with Gasteiger partial charge in [0.05, 0.1) is 25.0 Å². The van der Waals surface area contributed by atoms with Crippen molar-refractivity contribution in [2.75, 3.05) is 26.7 Å². The molecule has 0 aliphatic carbocycles. The molecule has 2 N–H and O–H groups in total. The lowest BCUT2D eigenvalue weighted by Gasteiger charge is -2.38. The number of hydrogen-bond acceptors (Lipinski definition) is 7. The number of halogens is 6. The Morgan fingerprint density at radius 1 is 1.08 bits per heavy atom. The third kappa shape index (κ3) is 10.3. The smallest absolute Gasteiger partial charge is 0.475 e. The van der Waals surface area contributed by atoms with Crippen LogP contribution in [0.1, 0.15) is 29.9 Å². The molecule has 2 aliphatic heterocycles. The van der Waals surface area contributed by atoms with E-state index >= 15 is 0 Å². The van der Waals surface area contributed by atoms with Gasteiger partial charge in [0.15, 0.2) is 0 Å². The van der Waals surface area contributed by atoms with Gasteiger partial charge in [0.1, 0.15) is 5.76 Å². The number of rotatable bonds is 5. The molecule has 15 heteroatoms. The number of alkyl halides is 6. The van der Waals surface area contributed by atoms with E-state index in [0.717, 1.165) is 57.8 Å². The highest BCUT2D eigenvalue weighted by Crippen LogP contribution is 2.38. The molecule has 1 unspecified atom stereocenters. The molecule has 4 rings (SSSR count). The van der Waals surface area contributed by atoms with Crippen molar-refractivity contribution in [2.24, 2.45) is 0 Å². The Morgan fingerprint density at radius 3 is 2.11 bits per heavy atom. The first-order chi connectivity index (χ1) is 17.6. The average molecular weight is 575 g/mol. The third-order valence-corrected chi connectivity index (χ3v) is 6.87. The van der Waals surface area contributed by atoms with Gasteiger partial charge in [-0.05, 0) is 49.9 Å². The molecule has 4 heterocycles. The number of hydrogen-bond donors (Lipinski definition) is 2. The summed E-state index contributed by atoms with van der Waals surface area (Å²) in [5.74, 6) is -4.48. The minimum atomic E-state index is -5.08. The predicted octanol–water partition coefficient (Wildman–Crippen LogP) is 4.86.